The predicted molar refractivity (Wildman–Crippen MR) is 112 cm³/mol. The van der Waals surface area contributed by atoms with E-state index in [0.29, 0.717) is 13.1 Å². The lowest BCUT2D eigenvalue weighted by Gasteiger charge is -2.23. The molecular formula is C23H22N2O3S. The van der Waals surface area contributed by atoms with E-state index >= 15 is 0 Å². The molecule has 1 N–H and O–H groups in total. The van der Waals surface area contributed by atoms with Crippen molar-refractivity contribution in [1.82, 2.24) is 10.2 Å². The number of nitrogens with zero attached hydrogens (tertiary/aromatic N) is 1. The highest BCUT2D eigenvalue weighted by atomic mass is 32.1. The third-order valence-corrected chi connectivity index (χ3v) is 5.49. The summed E-state index contributed by atoms with van der Waals surface area (Å²) in [6.07, 6.45) is 3.28. The quantitative estimate of drug-likeness (QED) is 0.432. The molecule has 29 heavy (non-hydrogen) atoms. The molecule has 4 aromatic rings. The molecule has 1 aromatic carbocycles. The Morgan fingerprint density at radius 3 is 2.14 bits per heavy atom. The average molecular weight is 407 g/mol. The van der Waals surface area contributed by atoms with Gasteiger partial charge in [0.25, 0.3) is 0 Å². The molecule has 0 aliphatic heterocycles. The largest absolute Gasteiger partial charge is 0.468 e. The molecule has 148 valence electrons. The fourth-order valence-electron chi connectivity index (χ4n) is 3.24. The number of amides is 1. The highest BCUT2D eigenvalue weighted by Gasteiger charge is 2.20. The fourth-order valence-corrected chi connectivity index (χ4v) is 4.05. The number of rotatable bonds is 9. The minimum absolute atomic E-state index is 0.0506. The Kier molecular flexibility index (Phi) is 6.24. The van der Waals surface area contributed by atoms with Gasteiger partial charge in [-0.1, -0.05) is 36.4 Å². The normalized spacial score (nSPS) is 12.2. The van der Waals surface area contributed by atoms with Gasteiger partial charge >= 0.3 is 0 Å². The van der Waals surface area contributed by atoms with Gasteiger partial charge in [-0.05, 0) is 41.3 Å². The summed E-state index contributed by atoms with van der Waals surface area (Å²) in [5.41, 5.74) is 1.06. The first-order valence-electron chi connectivity index (χ1n) is 9.43. The van der Waals surface area contributed by atoms with Crippen molar-refractivity contribution >= 4 is 17.2 Å². The van der Waals surface area contributed by atoms with E-state index in [4.69, 9.17) is 8.83 Å². The summed E-state index contributed by atoms with van der Waals surface area (Å²) in [5.74, 6) is 1.56. The van der Waals surface area contributed by atoms with Gasteiger partial charge < -0.3 is 14.2 Å². The lowest BCUT2D eigenvalue weighted by atomic mass is 10.1. The van der Waals surface area contributed by atoms with Crippen LogP contribution >= 0.6 is 11.3 Å². The molecule has 0 bridgehead atoms. The third-order valence-electron chi connectivity index (χ3n) is 4.55. The van der Waals surface area contributed by atoms with E-state index in [0.717, 1.165) is 22.0 Å². The van der Waals surface area contributed by atoms with Gasteiger partial charge in [-0.2, -0.15) is 0 Å². The molecule has 0 aliphatic rings. The van der Waals surface area contributed by atoms with Crippen molar-refractivity contribution in [3.63, 3.8) is 0 Å². The maximum atomic E-state index is 13.0. The van der Waals surface area contributed by atoms with E-state index in [2.05, 4.69) is 5.32 Å². The smallest absolute Gasteiger partial charge is 0.234 e. The first-order chi connectivity index (χ1) is 14.3. The Morgan fingerprint density at radius 2 is 1.59 bits per heavy atom. The highest BCUT2D eigenvalue weighted by molar-refractivity contribution is 7.10. The van der Waals surface area contributed by atoms with Crippen molar-refractivity contribution in [2.75, 3.05) is 6.54 Å². The van der Waals surface area contributed by atoms with Gasteiger partial charge in [0.15, 0.2) is 0 Å². The molecule has 0 radical (unpaired) electrons. The van der Waals surface area contributed by atoms with E-state index in [-0.39, 0.29) is 18.5 Å². The molecule has 3 aromatic heterocycles. The minimum atomic E-state index is -0.169. The Bertz CT molecular complexity index is 944. The number of thiophene rings is 1. The Balaban J connectivity index is 1.48. The van der Waals surface area contributed by atoms with Gasteiger partial charge in [-0.15, -0.1) is 11.3 Å². The molecule has 1 amide bonds. The zero-order chi connectivity index (χ0) is 19.9. The van der Waals surface area contributed by atoms with Gasteiger partial charge in [-0.3, -0.25) is 9.69 Å². The number of carbonyl (C=O) groups is 1. The molecule has 0 aliphatic carbocycles. The van der Waals surface area contributed by atoms with E-state index in [1.54, 1.807) is 23.9 Å². The second-order valence-electron chi connectivity index (χ2n) is 6.73. The molecule has 5 nitrogen and oxygen atoms in total. The van der Waals surface area contributed by atoms with Gasteiger partial charge in [0.05, 0.1) is 38.2 Å². The van der Waals surface area contributed by atoms with Gasteiger partial charge in [0.1, 0.15) is 11.5 Å². The first-order valence-corrected chi connectivity index (χ1v) is 10.3. The summed E-state index contributed by atoms with van der Waals surface area (Å²) in [5, 5.41) is 5.22. The maximum absolute atomic E-state index is 13.0. The summed E-state index contributed by atoms with van der Waals surface area (Å²) in [6.45, 7) is 1.28. The fraction of sp³-hybridized carbons (Fsp3) is 0.174. The maximum Gasteiger partial charge on any atom is 0.234 e. The van der Waals surface area contributed by atoms with Crippen LogP contribution in [0.25, 0.3) is 0 Å². The monoisotopic (exact) mass is 406 g/mol. The van der Waals surface area contributed by atoms with E-state index < -0.39 is 0 Å². The van der Waals surface area contributed by atoms with Crippen LogP contribution in [0.4, 0.5) is 0 Å². The van der Waals surface area contributed by atoms with Gasteiger partial charge in [0.2, 0.25) is 5.91 Å². The minimum Gasteiger partial charge on any atom is -0.468 e. The zero-order valence-electron chi connectivity index (χ0n) is 15.9. The number of hydrogen-bond acceptors (Lipinski definition) is 5. The molecule has 0 spiro atoms. The SMILES string of the molecule is O=C(CN(Cc1ccco1)Cc1ccco1)NC(c1ccccc1)c1cccs1. The van der Waals surface area contributed by atoms with Crippen molar-refractivity contribution in [3.05, 3.63) is 107 Å². The molecule has 3 heterocycles. The summed E-state index contributed by atoms with van der Waals surface area (Å²) in [7, 11) is 0. The zero-order valence-corrected chi connectivity index (χ0v) is 16.7. The van der Waals surface area contributed by atoms with E-state index in [1.165, 1.54) is 0 Å². The summed E-state index contributed by atoms with van der Waals surface area (Å²) in [4.78, 5) is 16.1. The predicted octanol–water partition coefficient (Wildman–Crippen LogP) is 4.84. The van der Waals surface area contributed by atoms with Crippen LogP contribution in [-0.2, 0) is 17.9 Å². The topological polar surface area (TPSA) is 58.6 Å². The molecular weight excluding hydrogens is 384 g/mol. The van der Waals surface area contributed by atoms with Crippen LogP contribution in [-0.4, -0.2) is 17.4 Å². The van der Waals surface area contributed by atoms with Crippen molar-refractivity contribution in [2.24, 2.45) is 0 Å². The van der Waals surface area contributed by atoms with Crippen molar-refractivity contribution in [3.8, 4) is 0 Å². The molecule has 1 atom stereocenters. The Labute approximate surface area is 173 Å². The second kappa shape index (κ2) is 9.41. The first kappa shape index (κ1) is 19.2. The van der Waals surface area contributed by atoms with Crippen LogP contribution in [0.2, 0.25) is 0 Å². The van der Waals surface area contributed by atoms with Crippen LogP contribution in [0.1, 0.15) is 28.0 Å². The summed E-state index contributed by atoms with van der Waals surface area (Å²) in [6, 6.07) is 21.4. The van der Waals surface area contributed by atoms with Crippen LogP contribution in [0.5, 0.6) is 0 Å². The van der Waals surface area contributed by atoms with Crippen LogP contribution in [0.3, 0.4) is 0 Å². The molecule has 6 heteroatoms. The van der Waals surface area contributed by atoms with Crippen LogP contribution in [0.15, 0.2) is 93.5 Å². The number of benzene rings is 1. The molecule has 4 rings (SSSR count). The van der Waals surface area contributed by atoms with Gasteiger partial charge in [-0.25, -0.2) is 0 Å². The highest BCUT2D eigenvalue weighted by Crippen LogP contribution is 2.26. The number of carbonyl (C=O) groups excluding carboxylic acids is 1. The molecule has 1 unspecified atom stereocenters. The third kappa shape index (κ3) is 5.25. The molecule has 0 saturated heterocycles. The number of hydrogen-bond donors (Lipinski definition) is 1. The van der Waals surface area contributed by atoms with Crippen molar-refractivity contribution in [2.45, 2.75) is 19.1 Å². The summed E-state index contributed by atoms with van der Waals surface area (Å²) >= 11 is 1.64. The van der Waals surface area contributed by atoms with Gasteiger partial charge in [0, 0.05) is 4.88 Å². The standard InChI is InChI=1S/C23H22N2O3S/c26-22(24-23(21-11-6-14-29-21)18-7-2-1-3-8-18)17-25(15-19-9-4-12-27-19)16-20-10-5-13-28-20/h1-14,23H,15-17H2,(H,24,26). The molecule has 0 saturated carbocycles. The number of nitrogens with one attached hydrogen (secondary N) is 1. The van der Waals surface area contributed by atoms with E-state index in [1.807, 2.05) is 77.0 Å². The Hall–Kier alpha value is -3.09. The summed E-state index contributed by atoms with van der Waals surface area (Å²) < 4.78 is 10.9. The lowest BCUT2D eigenvalue weighted by molar-refractivity contribution is -0.123. The molecule has 0 fully saturated rings. The van der Waals surface area contributed by atoms with Crippen LogP contribution < -0.4 is 5.32 Å². The van der Waals surface area contributed by atoms with Crippen molar-refractivity contribution < 1.29 is 13.6 Å². The second-order valence-corrected chi connectivity index (χ2v) is 7.71. The van der Waals surface area contributed by atoms with E-state index in [9.17, 15) is 4.79 Å². The average Bonchev–Trinajstić information content (AvgIpc) is 3.50. The Morgan fingerprint density at radius 1 is 0.897 bits per heavy atom. The number of furan rings is 2. The van der Waals surface area contributed by atoms with Crippen LogP contribution in [0, 0.1) is 0 Å². The van der Waals surface area contributed by atoms with Crippen molar-refractivity contribution in [1.29, 1.82) is 0 Å². The lowest BCUT2D eigenvalue weighted by Crippen LogP contribution is -2.38.